The van der Waals surface area contributed by atoms with Gasteiger partial charge in [0.15, 0.2) is 0 Å². The lowest BCUT2D eigenvalue weighted by Gasteiger charge is -2.23. The van der Waals surface area contributed by atoms with E-state index in [0.717, 1.165) is 5.56 Å². The average molecular weight is 225 g/mol. The highest BCUT2D eigenvalue weighted by atomic mass is 35.5. The standard InChI is InChI=1S/C12H13ClO2/c1-12(11(14)15,8-5-9-13)10-6-3-2-4-7-10/h2-7,9H,8H2,1H3,(H,14,15)/b9-5+. The Morgan fingerprint density at radius 2 is 2.07 bits per heavy atom. The fourth-order valence-electron chi connectivity index (χ4n) is 1.41. The maximum Gasteiger partial charge on any atom is 0.314 e. The van der Waals surface area contributed by atoms with Gasteiger partial charge in [0.2, 0.25) is 0 Å². The number of benzene rings is 1. The summed E-state index contributed by atoms with van der Waals surface area (Å²) >= 11 is 5.43. The van der Waals surface area contributed by atoms with Gasteiger partial charge < -0.3 is 5.11 Å². The number of carboxylic acids is 1. The van der Waals surface area contributed by atoms with Crippen molar-refractivity contribution >= 4 is 17.6 Å². The van der Waals surface area contributed by atoms with Crippen LogP contribution in [0.15, 0.2) is 41.9 Å². The largest absolute Gasteiger partial charge is 0.481 e. The van der Waals surface area contributed by atoms with Gasteiger partial charge in [-0.1, -0.05) is 48.0 Å². The van der Waals surface area contributed by atoms with Gasteiger partial charge in [-0.3, -0.25) is 4.79 Å². The lowest BCUT2D eigenvalue weighted by atomic mass is 9.80. The number of aliphatic carboxylic acids is 1. The summed E-state index contributed by atoms with van der Waals surface area (Å²) in [5, 5.41) is 9.24. The van der Waals surface area contributed by atoms with Gasteiger partial charge in [-0.25, -0.2) is 0 Å². The van der Waals surface area contributed by atoms with E-state index in [0.29, 0.717) is 6.42 Å². The van der Waals surface area contributed by atoms with E-state index in [2.05, 4.69) is 0 Å². The first-order valence-electron chi connectivity index (χ1n) is 4.65. The SMILES string of the molecule is CC(C/C=C/Cl)(C(=O)O)c1ccccc1. The summed E-state index contributed by atoms with van der Waals surface area (Å²) in [6.45, 7) is 1.70. The van der Waals surface area contributed by atoms with Crippen LogP contribution in [0.4, 0.5) is 0 Å². The molecule has 2 nitrogen and oxygen atoms in total. The molecule has 80 valence electrons. The first-order chi connectivity index (χ1) is 7.11. The Hall–Kier alpha value is -1.28. The Morgan fingerprint density at radius 3 is 2.53 bits per heavy atom. The highest BCUT2D eigenvalue weighted by molar-refractivity contribution is 6.25. The van der Waals surface area contributed by atoms with Crippen molar-refractivity contribution in [2.75, 3.05) is 0 Å². The molecule has 0 heterocycles. The number of carbonyl (C=O) groups is 1. The van der Waals surface area contributed by atoms with Crippen molar-refractivity contribution in [1.82, 2.24) is 0 Å². The van der Waals surface area contributed by atoms with Gasteiger partial charge in [-0.2, -0.15) is 0 Å². The summed E-state index contributed by atoms with van der Waals surface area (Å²) in [5.41, 5.74) is 1.23. The van der Waals surface area contributed by atoms with Crippen molar-refractivity contribution in [3.05, 3.63) is 47.5 Å². The van der Waals surface area contributed by atoms with Crippen molar-refractivity contribution in [2.45, 2.75) is 18.8 Å². The van der Waals surface area contributed by atoms with E-state index in [1.165, 1.54) is 5.54 Å². The minimum absolute atomic E-state index is 0.385. The van der Waals surface area contributed by atoms with Crippen LogP contribution >= 0.6 is 11.6 Å². The number of hydrogen-bond donors (Lipinski definition) is 1. The van der Waals surface area contributed by atoms with Crippen LogP contribution in [-0.4, -0.2) is 11.1 Å². The molecule has 15 heavy (non-hydrogen) atoms. The molecule has 0 aliphatic carbocycles. The molecule has 1 aromatic rings. The Morgan fingerprint density at radius 1 is 1.47 bits per heavy atom. The van der Waals surface area contributed by atoms with Crippen LogP contribution in [0.1, 0.15) is 18.9 Å². The zero-order valence-electron chi connectivity index (χ0n) is 8.48. The number of halogens is 1. The van der Waals surface area contributed by atoms with Crippen LogP contribution in [0.5, 0.6) is 0 Å². The molecular formula is C12H13ClO2. The van der Waals surface area contributed by atoms with Crippen molar-refractivity contribution in [2.24, 2.45) is 0 Å². The van der Waals surface area contributed by atoms with Crippen LogP contribution < -0.4 is 0 Å². The quantitative estimate of drug-likeness (QED) is 0.853. The van der Waals surface area contributed by atoms with Crippen LogP contribution in [-0.2, 0) is 10.2 Å². The number of hydrogen-bond acceptors (Lipinski definition) is 1. The zero-order valence-corrected chi connectivity index (χ0v) is 9.24. The van der Waals surface area contributed by atoms with Crippen LogP contribution in [0.2, 0.25) is 0 Å². The van der Waals surface area contributed by atoms with Crippen LogP contribution in [0.25, 0.3) is 0 Å². The predicted molar refractivity (Wildman–Crippen MR) is 61.0 cm³/mol. The Labute approximate surface area is 94.2 Å². The summed E-state index contributed by atoms with van der Waals surface area (Å²) in [4.78, 5) is 11.3. The highest BCUT2D eigenvalue weighted by Crippen LogP contribution is 2.28. The third-order valence-corrected chi connectivity index (χ3v) is 2.68. The molecule has 1 rings (SSSR count). The van der Waals surface area contributed by atoms with E-state index in [1.807, 2.05) is 30.3 Å². The van der Waals surface area contributed by atoms with E-state index in [4.69, 9.17) is 11.6 Å². The molecule has 1 unspecified atom stereocenters. The van der Waals surface area contributed by atoms with Gasteiger partial charge >= 0.3 is 5.97 Å². The smallest absolute Gasteiger partial charge is 0.314 e. The minimum atomic E-state index is -0.910. The van der Waals surface area contributed by atoms with Gasteiger partial charge in [-0.05, 0) is 18.9 Å². The summed E-state index contributed by atoms with van der Waals surface area (Å²) in [7, 11) is 0. The van der Waals surface area contributed by atoms with Crippen molar-refractivity contribution in [3.63, 3.8) is 0 Å². The molecule has 0 aromatic heterocycles. The molecule has 0 aliphatic heterocycles. The molecular weight excluding hydrogens is 212 g/mol. The number of rotatable bonds is 4. The zero-order chi connectivity index (χ0) is 11.3. The third kappa shape index (κ3) is 2.60. The van der Waals surface area contributed by atoms with Gasteiger partial charge in [0, 0.05) is 5.54 Å². The Bertz CT molecular complexity index is 359. The molecule has 0 saturated heterocycles. The summed E-state index contributed by atoms with van der Waals surface area (Å²) in [6, 6.07) is 9.16. The molecule has 0 aliphatic rings. The highest BCUT2D eigenvalue weighted by Gasteiger charge is 2.33. The number of allylic oxidation sites excluding steroid dienone is 1. The third-order valence-electron chi connectivity index (χ3n) is 2.50. The van der Waals surface area contributed by atoms with Crippen molar-refractivity contribution < 1.29 is 9.90 Å². The summed E-state index contributed by atoms with van der Waals surface area (Å²) in [5.74, 6) is -0.844. The Kier molecular flexibility index (Phi) is 3.92. The predicted octanol–water partition coefficient (Wildman–Crippen LogP) is 3.17. The van der Waals surface area contributed by atoms with Gasteiger partial charge in [0.25, 0.3) is 0 Å². The normalized spacial score (nSPS) is 15.1. The van der Waals surface area contributed by atoms with Gasteiger partial charge in [-0.15, -0.1) is 0 Å². The average Bonchev–Trinajstić information content (AvgIpc) is 2.27. The van der Waals surface area contributed by atoms with Crippen LogP contribution in [0, 0.1) is 0 Å². The second kappa shape index (κ2) is 4.99. The first-order valence-corrected chi connectivity index (χ1v) is 5.09. The van der Waals surface area contributed by atoms with Crippen LogP contribution in [0.3, 0.4) is 0 Å². The molecule has 0 saturated carbocycles. The molecule has 0 amide bonds. The maximum absolute atomic E-state index is 11.3. The molecule has 1 atom stereocenters. The fourth-order valence-corrected chi connectivity index (χ4v) is 1.50. The monoisotopic (exact) mass is 224 g/mol. The minimum Gasteiger partial charge on any atom is -0.481 e. The Balaban J connectivity index is 3.07. The summed E-state index contributed by atoms with van der Waals surface area (Å²) < 4.78 is 0. The summed E-state index contributed by atoms with van der Waals surface area (Å²) in [6.07, 6.45) is 2.04. The molecule has 1 aromatic carbocycles. The maximum atomic E-state index is 11.3. The molecule has 0 radical (unpaired) electrons. The molecule has 0 bridgehead atoms. The molecule has 0 fully saturated rings. The van der Waals surface area contributed by atoms with Gasteiger partial charge in [0.1, 0.15) is 0 Å². The van der Waals surface area contributed by atoms with E-state index < -0.39 is 11.4 Å². The van der Waals surface area contributed by atoms with Gasteiger partial charge in [0.05, 0.1) is 5.41 Å². The lowest BCUT2D eigenvalue weighted by Crippen LogP contribution is -2.31. The first kappa shape index (κ1) is 11.8. The fraction of sp³-hybridized carbons (Fsp3) is 0.250. The van der Waals surface area contributed by atoms with Crippen molar-refractivity contribution in [1.29, 1.82) is 0 Å². The van der Waals surface area contributed by atoms with Crippen molar-refractivity contribution in [3.8, 4) is 0 Å². The molecule has 1 N–H and O–H groups in total. The van der Waals surface area contributed by atoms with E-state index in [1.54, 1.807) is 13.0 Å². The second-order valence-electron chi connectivity index (χ2n) is 3.57. The molecule has 0 spiro atoms. The van der Waals surface area contributed by atoms with E-state index in [9.17, 15) is 9.90 Å². The second-order valence-corrected chi connectivity index (χ2v) is 3.82. The van der Waals surface area contributed by atoms with E-state index in [-0.39, 0.29) is 0 Å². The molecule has 3 heteroatoms. The topological polar surface area (TPSA) is 37.3 Å². The lowest BCUT2D eigenvalue weighted by molar-refractivity contribution is -0.143. The number of carboxylic acid groups (broad SMARTS) is 1. The van der Waals surface area contributed by atoms with E-state index >= 15 is 0 Å².